The van der Waals surface area contributed by atoms with Crippen molar-refractivity contribution in [2.24, 2.45) is 0 Å². The number of Topliss-reactive ketones (excluding diaryl/α,β-unsaturated/α-hetero) is 1. The largest absolute Gasteiger partial charge is 0.481 e. The molecule has 0 heterocycles. The van der Waals surface area contributed by atoms with Crippen molar-refractivity contribution in [1.29, 1.82) is 0 Å². The molecule has 2 aromatic rings. The Morgan fingerprint density at radius 2 is 1.83 bits per heavy atom. The first kappa shape index (κ1) is 17.8. The number of rotatable bonds is 7. The fourth-order valence-corrected chi connectivity index (χ4v) is 2.40. The van der Waals surface area contributed by atoms with Crippen LogP contribution in [0.3, 0.4) is 0 Å². The number of ketones is 1. The number of halogens is 1. The van der Waals surface area contributed by atoms with Crippen molar-refractivity contribution in [1.82, 2.24) is 5.32 Å². The monoisotopic (exact) mass is 329 g/mol. The molecule has 2 N–H and O–H groups in total. The fraction of sp³-hybridized carbons (Fsp3) is 0.263. The summed E-state index contributed by atoms with van der Waals surface area (Å²) in [5, 5.41) is 11.9. The van der Waals surface area contributed by atoms with Crippen LogP contribution in [0.15, 0.2) is 42.5 Å². The maximum absolute atomic E-state index is 13.7. The highest BCUT2D eigenvalue weighted by molar-refractivity contribution is 6.01. The SMILES string of the molecule is Cc1ccc(C(=O)C(CC(=O)O)NCc2ccccc2F)cc1C. The van der Waals surface area contributed by atoms with E-state index >= 15 is 0 Å². The minimum atomic E-state index is -1.08. The topological polar surface area (TPSA) is 66.4 Å². The van der Waals surface area contributed by atoms with E-state index in [9.17, 15) is 14.0 Å². The molecule has 0 aromatic heterocycles. The van der Waals surface area contributed by atoms with Gasteiger partial charge in [-0.25, -0.2) is 4.39 Å². The van der Waals surface area contributed by atoms with E-state index < -0.39 is 17.8 Å². The summed E-state index contributed by atoms with van der Waals surface area (Å²) >= 11 is 0. The molecule has 0 bridgehead atoms. The van der Waals surface area contributed by atoms with Gasteiger partial charge in [0.1, 0.15) is 5.82 Å². The first-order valence-electron chi connectivity index (χ1n) is 7.68. The summed E-state index contributed by atoms with van der Waals surface area (Å²) in [6.45, 7) is 3.92. The number of carboxylic acids is 1. The second kappa shape index (κ2) is 7.84. The lowest BCUT2D eigenvalue weighted by Crippen LogP contribution is -2.38. The highest BCUT2D eigenvalue weighted by atomic mass is 19.1. The van der Waals surface area contributed by atoms with Crippen molar-refractivity contribution in [2.75, 3.05) is 0 Å². The molecule has 4 nitrogen and oxygen atoms in total. The Hall–Kier alpha value is -2.53. The number of hydrogen-bond donors (Lipinski definition) is 2. The lowest BCUT2D eigenvalue weighted by Gasteiger charge is -2.17. The average molecular weight is 329 g/mol. The van der Waals surface area contributed by atoms with Gasteiger partial charge in [-0.05, 0) is 37.1 Å². The maximum Gasteiger partial charge on any atom is 0.305 e. The molecule has 2 rings (SSSR count). The molecule has 1 atom stereocenters. The zero-order chi connectivity index (χ0) is 17.7. The van der Waals surface area contributed by atoms with Crippen LogP contribution in [0.5, 0.6) is 0 Å². The van der Waals surface area contributed by atoms with Gasteiger partial charge in [0, 0.05) is 17.7 Å². The molecule has 1 unspecified atom stereocenters. The number of nitrogens with one attached hydrogen (secondary N) is 1. The highest BCUT2D eigenvalue weighted by Gasteiger charge is 2.23. The van der Waals surface area contributed by atoms with Crippen LogP contribution in [0.4, 0.5) is 4.39 Å². The lowest BCUT2D eigenvalue weighted by molar-refractivity contribution is -0.137. The number of carbonyl (C=O) groups excluding carboxylic acids is 1. The summed E-state index contributed by atoms with van der Waals surface area (Å²) < 4.78 is 13.7. The number of aryl methyl sites for hydroxylation is 2. The van der Waals surface area contributed by atoms with Crippen LogP contribution >= 0.6 is 0 Å². The Kier molecular flexibility index (Phi) is 5.82. The van der Waals surface area contributed by atoms with Crippen molar-refractivity contribution in [3.05, 3.63) is 70.5 Å². The van der Waals surface area contributed by atoms with E-state index in [2.05, 4.69) is 5.32 Å². The molecule has 126 valence electrons. The van der Waals surface area contributed by atoms with Gasteiger partial charge in [-0.1, -0.05) is 30.3 Å². The van der Waals surface area contributed by atoms with Gasteiger partial charge in [0.15, 0.2) is 5.78 Å². The smallest absolute Gasteiger partial charge is 0.305 e. The Bertz CT molecular complexity index is 758. The Balaban J connectivity index is 2.17. The lowest BCUT2D eigenvalue weighted by atomic mass is 9.97. The number of aliphatic carboxylic acids is 1. The van der Waals surface area contributed by atoms with Crippen molar-refractivity contribution in [3.63, 3.8) is 0 Å². The molecule has 2 aromatic carbocycles. The van der Waals surface area contributed by atoms with E-state index in [-0.39, 0.29) is 18.7 Å². The molecule has 24 heavy (non-hydrogen) atoms. The number of hydrogen-bond acceptors (Lipinski definition) is 3. The van der Waals surface area contributed by atoms with Gasteiger partial charge in [-0.15, -0.1) is 0 Å². The molecule has 0 spiro atoms. The normalized spacial score (nSPS) is 12.0. The van der Waals surface area contributed by atoms with Crippen molar-refractivity contribution in [3.8, 4) is 0 Å². The van der Waals surface area contributed by atoms with Crippen LogP contribution in [0.25, 0.3) is 0 Å². The molecule has 0 fully saturated rings. The second-order valence-electron chi connectivity index (χ2n) is 5.79. The van der Waals surface area contributed by atoms with Crippen LogP contribution in [0.1, 0.15) is 33.5 Å². The van der Waals surface area contributed by atoms with Gasteiger partial charge >= 0.3 is 5.97 Å². The summed E-state index contributed by atoms with van der Waals surface area (Å²) in [4.78, 5) is 23.7. The summed E-state index contributed by atoms with van der Waals surface area (Å²) in [6.07, 6.45) is -0.361. The number of carbonyl (C=O) groups is 2. The van der Waals surface area contributed by atoms with Gasteiger partial charge in [-0.2, -0.15) is 0 Å². The predicted octanol–water partition coefficient (Wildman–Crippen LogP) is 3.26. The Labute approximate surface area is 140 Å². The van der Waals surface area contributed by atoms with Gasteiger partial charge in [-0.3, -0.25) is 9.59 Å². The third-order valence-electron chi connectivity index (χ3n) is 3.98. The zero-order valence-electron chi connectivity index (χ0n) is 13.7. The predicted molar refractivity (Wildman–Crippen MR) is 89.5 cm³/mol. The summed E-state index contributed by atoms with van der Waals surface area (Å²) in [6, 6.07) is 10.5. The zero-order valence-corrected chi connectivity index (χ0v) is 13.7. The number of benzene rings is 2. The summed E-state index contributed by atoms with van der Waals surface area (Å²) in [5.41, 5.74) is 2.86. The first-order chi connectivity index (χ1) is 11.4. The van der Waals surface area contributed by atoms with Crippen LogP contribution in [-0.2, 0) is 11.3 Å². The summed E-state index contributed by atoms with van der Waals surface area (Å²) in [7, 11) is 0. The van der Waals surface area contributed by atoms with E-state index in [0.29, 0.717) is 11.1 Å². The third-order valence-corrected chi connectivity index (χ3v) is 3.98. The highest BCUT2D eigenvalue weighted by Crippen LogP contribution is 2.14. The molecule has 0 amide bonds. The van der Waals surface area contributed by atoms with E-state index in [4.69, 9.17) is 5.11 Å². The Morgan fingerprint density at radius 1 is 1.12 bits per heavy atom. The maximum atomic E-state index is 13.7. The Morgan fingerprint density at radius 3 is 2.46 bits per heavy atom. The molecule has 0 aliphatic carbocycles. The second-order valence-corrected chi connectivity index (χ2v) is 5.79. The van der Waals surface area contributed by atoms with Crippen LogP contribution in [0, 0.1) is 19.7 Å². The molecule has 0 saturated heterocycles. The quantitative estimate of drug-likeness (QED) is 0.765. The van der Waals surface area contributed by atoms with Crippen LogP contribution in [-0.4, -0.2) is 22.9 Å². The standard InChI is InChI=1S/C19H20FNO3/c1-12-7-8-14(9-13(12)2)19(24)17(10-18(22)23)21-11-15-5-3-4-6-16(15)20/h3-9,17,21H,10-11H2,1-2H3,(H,22,23). The first-order valence-corrected chi connectivity index (χ1v) is 7.68. The van der Waals surface area contributed by atoms with Gasteiger partial charge < -0.3 is 10.4 Å². The third kappa shape index (κ3) is 4.49. The van der Waals surface area contributed by atoms with Crippen molar-refractivity contribution >= 4 is 11.8 Å². The van der Waals surface area contributed by atoms with Crippen molar-refractivity contribution in [2.45, 2.75) is 32.9 Å². The average Bonchev–Trinajstić information content (AvgIpc) is 2.54. The van der Waals surface area contributed by atoms with Gasteiger partial charge in [0.2, 0.25) is 0 Å². The fourth-order valence-electron chi connectivity index (χ4n) is 2.40. The number of carboxylic acid groups (broad SMARTS) is 1. The minimum absolute atomic E-state index is 0.0845. The minimum Gasteiger partial charge on any atom is -0.481 e. The molecular weight excluding hydrogens is 309 g/mol. The van der Waals surface area contributed by atoms with E-state index in [1.807, 2.05) is 19.9 Å². The van der Waals surface area contributed by atoms with Gasteiger partial charge in [0.05, 0.1) is 12.5 Å². The molecular formula is C19H20FNO3. The molecule has 5 heteroatoms. The van der Waals surface area contributed by atoms with Gasteiger partial charge in [0.25, 0.3) is 0 Å². The van der Waals surface area contributed by atoms with E-state index in [1.54, 1.807) is 30.3 Å². The van der Waals surface area contributed by atoms with Crippen molar-refractivity contribution < 1.29 is 19.1 Å². The van der Waals surface area contributed by atoms with E-state index in [0.717, 1.165) is 11.1 Å². The van der Waals surface area contributed by atoms with Crippen LogP contribution < -0.4 is 5.32 Å². The molecule has 0 radical (unpaired) electrons. The van der Waals surface area contributed by atoms with E-state index in [1.165, 1.54) is 6.07 Å². The molecule has 0 saturated carbocycles. The molecule has 0 aliphatic heterocycles. The molecule has 0 aliphatic rings. The summed E-state index contributed by atoms with van der Waals surface area (Å²) in [5.74, 6) is -1.78. The van der Waals surface area contributed by atoms with Crippen LogP contribution in [0.2, 0.25) is 0 Å².